The molecule has 0 radical (unpaired) electrons. The number of H-pyrrole nitrogens is 1. The van der Waals surface area contributed by atoms with Crippen molar-refractivity contribution in [1.82, 2.24) is 9.97 Å². The van der Waals surface area contributed by atoms with Crippen LogP contribution in [0.25, 0.3) is 11.6 Å². The molecular formula is C9H7N3O. The summed E-state index contributed by atoms with van der Waals surface area (Å²) in [5, 5.41) is 8.67. The van der Waals surface area contributed by atoms with Gasteiger partial charge in [-0.15, -0.1) is 0 Å². The number of hydrogen-bond acceptors (Lipinski definition) is 3. The van der Waals surface area contributed by atoms with Gasteiger partial charge in [-0.2, -0.15) is 5.26 Å². The fourth-order valence-electron chi connectivity index (χ4n) is 1.10. The Morgan fingerprint density at radius 1 is 1.62 bits per heavy atom. The second-order valence-electron chi connectivity index (χ2n) is 2.65. The Labute approximate surface area is 74.8 Å². The van der Waals surface area contributed by atoms with Gasteiger partial charge in [0.1, 0.15) is 6.07 Å². The molecule has 0 bridgehead atoms. The van der Waals surface area contributed by atoms with Crippen LogP contribution in [0, 0.1) is 18.3 Å². The van der Waals surface area contributed by atoms with E-state index in [9.17, 15) is 0 Å². The lowest BCUT2D eigenvalue weighted by Crippen LogP contribution is -1.75. The highest BCUT2D eigenvalue weighted by Gasteiger charge is 2.08. The molecule has 2 rings (SSSR count). The summed E-state index contributed by atoms with van der Waals surface area (Å²) in [7, 11) is 0. The first-order chi connectivity index (χ1) is 6.31. The van der Waals surface area contributed by atoms with Crippen LogP contribution in [0.1, 0.15) is 11.4 Å². The first kappa shape index (κ1) is 7.62. The van der Waals surface area contributed by atoms with Crippen LogP contribution in [0.2, 0.25) is 0 Å². The van der Waals surface area contributed by atoms with E-state index in [1.807, 2.05) is 6.07 Å². The standard InChI is InChI=1S/C9H7N3O/c1-6-7(5-10)12-9(11-6)8-3-2-4-13-8/h2-4H,1H3,(H,11,12). The molecule has 64 valence electrons. The molecule has 0 aromatic carbocycles. The van der Waals surface area contributed by atoms with Gasteiger partial charge in [0.05, 0.1) is 12.0 Å². The molecule has 0 aliphatic heterocycles. The molecule has 4 nitrogen and oxygen atoms in total. The van der Waals surface area contributed by atoms with Gasteiger partial charge in [0.25, 0.3) is 0 Å². The van der Waals surface area contributed by atoms with Crippen molar-refractivity contribution in [2.24, 2.45) is 0 Å². The van der Waals surface area contributed by atoms with Gasteiger partial charge in [-0.3, -0.25) is 0 Å². The van der Waals surface area contributed by atoms with Gasteiger partial charge in [-0.1, -0.05) is 0 Å². The molecule has 0 atom stereocenters. The van der Waals surface area contributed by atoms with Crippen molar-refractivity contribution in [3.63, 3.8) is 0 Å². The molecule has 13 heavy (non-hydrogen) atoms. The lowest BCUT2D eigenvalue weighted by Gasteiger charge is -1.86. The van der Waals surface area contributed by atoms with Crippen molar-refractivity contribution in [3.05, 3.63) is 29.8 Å². The summed E-state index contributed by atoms with van der Waals surface area (Å²) >= 11 is 0. The van der Waals surface area contributed by atoms with Crippen LogP contribution < -0.4 is 0 Å². The molecule has 0 fully saturated rings. The lowest BCUT2D eigenvalue weighted by atomic mass is 10.4. The topological polar surface area (TPSA) is 65.6 Å². The summed E-state index contributed by atoms with van der Waals surface area (Å²) in [6, 6.07) is 5.56. The highest BCUT2D eigenvalue weighted by molar-refractivity contribution is 5.49. The molecule has 0 aliphatic rings. The van der Waals surface area contributed by atoms with Gasteiger partial charge >= 0.3 is 0 Å². The molecule has 2 heterocycles. The van der Waals surface area contributed by atoms with Crippen molar-refractivity contribution >= 4 is 0 Å². The minimum absolute atomic E-state index is 0.409. The Kier molecular flexibility index (Phi) is 1.64. The van der Waals surface area contributed by atoms with E-state index in [1.165, 1.54) is 0 Å². The van der Waals surface area contributed by atoms with Gasteiger partial charge in [-0.25, -0.2) is 4.98 Å². The summed E-state index contributed by atoms with van der Waals surface area (Å²) in [5.41, 5.74) is 1.17. The Balaban J connectivity index is 2.50. The third-order valence-electron chi connectivity index (χ3n) is 1.75. The van der Waals surface area contributed by atoms with Crippen LogP contribution >= 0.6 is 0 Å². The predicted molar refractivity (Wildman–Crippen MR) is 45.7 cm³/mol. The van der Waals surface area contributed by atoms with E-state index in [2.05, 4.69) is 9.97 Å². The third kappa shape index (κ3) is 1.20. The number of imidazole rings is 1. The summed E-state index contributed by atoms with van der Waals surface area (Å²) in [6.07, 6.45) is 1.57. The average Bonchev–Trinajstić information content (AvgIpc) is 2.71. The summed E-state index contributed by atoms with van der Waals surface area (Å²) < 4.78 is 5.13. The second-order valence-corrected chi connectivity index (χ2v) is 2.65. The Morgan fingerprint density at radius 3 is 3.00 bits per heavy atom. The molecule has 2 aromatic heterocycles. The first-order valence-corrected chi connectivity index (χ1v) is 3.82. The number of nitrogens with one attached hydrogen (secondary N) is 1. The number of rotatable bonds is 1. The zero-order chi connectivity index (χ0) is 9.26. The van der Waals surface area contributed by atoms with Crippen molar-refractivity contribution < 1.29 is 4.42 Å². The Bertz CT molecular complexity index is 448. The molecule has 0 amide bonds. The number of nitriles is 1. The predicted octanol–water partition coefficient (Wildman–Crippen LogP) is 1.85. The highest BCUT2D eigenvalue weighted by Crippen LogP contribution is 2.17. The van der Waals surface area contributed by atoms with Crippen LogP contribution in [-0.2, 0) is 0 Å². The van der Waals surface area contributed by atoms with Crippen LogP contribution in [0.5, 0.6) is 0 Å². The number of hydrogen-bond donors (Lipinski definition) is 1. The minimum Gasteiger partial charge on any atom is -0.461 e. The van der Waals surface area contributed by atoms with Crippen molar-refractivity contribution in [1.29, 1.82) is 5.26 Å². The first-order valence-electron chi connectivity index (χ1n) is 3.82. The fraction of sp³-hybridized carbons (Fsp3) is 0.111. The zero-order valence-corrected chi connectivity index (χ0v) is 7.03. The van der Waals surface area contributed by atoms with Crippen molar-refractivity contribution in [2.75, 3.05) is 0 Å². The van der Waals surface area contributed by atoms with Gasteiger partial charge in [0, 0.05) is 0 Å². The van der Waals surface area contributed by atoms with E-state index in [0.29, 0.717) is 17.3 Å². The van der Waals surface area contributed by atoms with E-state index < -0.39 is 0 Å². The zero-order valence-electron chi connectivity index (χ0n) is 7.03. The normalized spacial score (nSPS) is 9.85. The Hall–Kier alpha value is -2.02. The minimum atomic E-state index is 0.409. The van der Waals surface area contributed by atoms with Gasteiger partial charge in [-0.05, 0) is 19.1 Å². The van der Waals surface area contributed by atoms with Crippen molar-refractivity contribution in [3.8, 4) is 17.7 Å². The van der Waals surface area contributed by atoms with Crippen LogP contribution in [0.3, 0.4) is 0 Å². The Morgan fingerprint density at radius 2 is 2.46 bits per heavy atom. The number of aryl methyl sites for hydroxylation is 1. The molecule has 4 heteroatoms. The SMILES string of the molecule is Cc1[nH]c(-c2ccco2)nc1C#N. The maximum Gasteiger partial charge on any atom is 0.175 e. The third-order valence-corrected chi connectivity index (χ3v) is 1.75. The van der Waals surface area contributed by atoms with Crippen LogP contribution in [-0.4, -0.2) is 9.97 Å². The summed E-state index contributed by atoms with van der Waals surface area (Å²) in [6.45, 7) is 1.80. The highest BCUT2D eigenvalue weighted by atomic mass is 16.3. The number of aromatic amines is 1. The van der Waals surface area contributed by atoms with E-state index in [4.69, 9.17) is 9.68 Å². The molecular weight excluding hydrogens is 166 g/mol. The summed E-state index contributed by atoms with van der Waals surface area (Å²) in [5.74, 6) is 1.24. The number of nitrogens with zero attached hydrogens (tertiary/aromatic N) is 2. The van der Waals surface area contributed by atoms with Gasteiger partial charge in [0.15, 0.2) is 17.3 Å². The van der Waals surface area contributed by atoms with E-state index in [-0.39, 0.29) is 0 Å². The molecule has 0 spiro atoms. The van der Waals surface area contributed by atoms with Gasteiger partial charge in [0.2, 0.25) is 0 Å². The largest absolute Gasteiger partial charge is 0.461 e. The molecule has 0 unspecified atom stereocenters. The molecule has 0 saturated heterocycles. The number of aromatic nitrogens is 2. The maximum atomic E-state index is 8.67. The van der Waals surface area contributed by atoms with E-state index in [1.54, 1.807) is 25.3 Å². The quantitative estimate of drug-likeness (QED) is 0.715. The van der Waals surface area contributed by atoms with Crippen molar-refractivity contribution in [2.45, 2.75) is 6.92 Å². The molecule has 0 aliphatic carbocycles. The second kappa shape index (κ2) is 2.79. The fourth-order valence-corrected chi connectivity index (χ4v) is 1.10. The van der Waals surface area contributed by atoms with E-state index >= 15 is 0 Å². The monoisotopic (exact) mass is 173 g/mol. The smallest absolute Gasteiger partial charge is 0.175 e. The van der Waals surface area contributed by atoms with E-state index in [0.717, 1.165) is 5.69 Å². The molecule has 0 saturated carbocycles. The lowest BCUT2D eigenvalue weighted by molar-refractivity contribution is 0.578. The van der Waals surface area contributed by atoms with Crippen LogP contribution in [0.15, 0.2) is 22.8 Å². The van der Waals surface area contributed by atoms with Crippen LogP contribution in [0.4, 0.5) is 0 Å². The maximum absolute atomic E-state index is 8.67. The average molecular weight is 173 g/mol. The molecule has 2 aromatic rings. The number of furan rings is 1. The molecule has 1 N–H and O–H groups in total. The van der Waals surface area contributed by atoms with Gasteiger partial charge < -0.3 is 9.40 Å². The summed E-state index contributed by atoms with van der Waals surface area (Å²) in [4.78, 5) is 7.03.